The number of nitrogens with zero attached hydrogens (tertiary/aromatic N) is 1. The molecule has 3 rings (SSSR count). The van der Waals surface area contributed by atoms with Gasteiger partial charge in [-0.1, -0.05) is 18.2 Å². The normalized spacial score (nSPS) is 12.1. The van der Waals surface area contributed by atoms with E-state index in [4.69, 9.17) is 5.73 Å². The molecule has 0 fully saturated rings. The van der Waals surface area contributed by atoms with Gasteiger partial charge in [-0.3, -0.25) is 4.98 Å². The lowest BCUT2D eigenvalue weighted by Gasteiger charge is -2.12. The van der Waals surface area contributed by atoms with Crippen molar-refractivity contribution in [2.45, 2.75) is 6.04 Å². The van der Waals surface area contributed by atoms with E-state index >= 15 is 0 Å². The minimum Gasteiger partial charge on any atom is -0.320 e. The molecule has 0 amide bonds. The number of hydrogen-bond acceptors (Lipinski definition) is 3. The number of fused-ring (bicyclic) bond motifs is 1. The first-order valence-electron chi connectivity index (χ1n) is 5.47. The van der Waals surface area contributed by atoms with Crippen LogP contribution in [0, 0.1) is 0 Å². The Labute approximate surface area is 116 Å². The van der Waals surface area contributed by atoms with Crippen molar-refractivity contribution in [3.05, 3.63) is 64.5 Å². The fourth-order valence-corrected chi connectivity index (χ4v) is 2.72. The molecular formula is C14H13ClN2S. The topological polar surface area (TPSA) is 38.9 Å². The van der Waals surface area contributed by atoms with E-state index in [1.165, 1.54) is 0 Å². The third kappa shape index (κ3) is 2.25. The Morgan fingerprint density at radius 1 is 1.11 bits per heavy atom. The maximum Gasteiger partial charge on any atom is 0.0705 e. The molecule has 0 spiro atoms. The number of nitrogens with two attached hydrogens (primary N) is 1. The number of aromatic nitrogens is 1. The summed E-state index contributed by atoms with van der Waals surface area (Å²) in [7, 11) is 0. The van der Waals surface area contributed by atoms with Gasteiger partial charge < -0.3 is 5.73 Å². The van der Waals surface area contributed by atoms with E-state index in [1.54, 1.807) is 11.3 Å². The van der Waals surface area contributed by atoms with Gasteiger partial charge in [0.05, 0.1) is 11.6 Å². The Bertz CT molecular complexity index is 632. The molecule has 0 unspecified atom stereocenters. The minimum absolute atomic E-state index is 0. The summed E-state index contributed by atoms with van der Waals surface area (Å²) in [6.45, 7) is 0. The Kier molecular flexibility index (Phi) is 3.97. The van der Waals surface area contributed by atoms with Crippen LogP contribution < -0.4 is 5.73 Å². The summed E-state index contributed by atoms with van der Waals surface area (Å²) >= 11 is 1.67. The second kappa shape index (κ2) is 5.48. The summed E-state index contributed by atoms with van der Waals surface area (Å²) in [5, 5.41) is 5.28. The highest BCUT2D eigenvalue weighted by atomic mass is 35.5. The van der Waals surface area contributed by atoms with Crippen LogP contribution in [-0.4, -0.2) is 4.98 Å². The maximum absolute atomic E-state index is 6.31. The van der Waals surface area contributed by atoms with Crippen molar-refractivity contribution in [2.75, 3.05) is 0 Å². The lowest BCUT2D eigenvalue weighted by molar-refractivity contribution is 0.884. The lowest BCUT2D eigenvalue weighted by Crippen LogP contribution is -2.11. The third-order valence-corrected chi connectivity index (χ3v) is 3.62. The van der Waals surface area contributed by atoms with Gasteiger partial charge in [0.2, 0.25) is 0 Å². The van der Waals surface area contributed by atoms with Gasteiger partial charge in [-0.05, 0) is 40.1 Å². The van der Waals surface area contributed by atoms with Crippen LogP contribution in [0.15, 0.2) is 53.4 Å². The van der Waals surface area contributed by atoms with Crippen LogP contribution in [-0.2, 0) is 0 Å². The average molecular weight is 277 g/mol. The molecule has 4 heteroatoms. The van der Waals surface area contributed by atoms with E-state index in [2.05, 4.69) is 27.9 Å². The second-order valence-electron chi connectivity index (χ2n) is 3.95. The van der Waals surface area contributed by atoms with Gasteiger partial charge >= 0.3 is 0 Å². The zero-order valence-corrected chi connectivity index (χ0v) is 11.2. The quantitative estimate of drug-likeness (QED) is 0.774. The molecule has 0 aliphatic heterocycles. The molecule has 92 valence electrons. The van der Waals surface area contributed by atoms with Crippen molar-refractivity contribution in [3.8, 4) is 0 Å². The Morgan fingerprint density at radius 2 is 1.94 bits per heavy atom. The second-order valence-corrected chi connectivity index (χ2v) is 4.73. The summed E-state index contributed by atoms with van der Waals surface area (Å²) in [4.78, 5) is 4.35. The molecule has 0 radical (unpaired) electrons. The van der Waals surface area contributed by atoms with Gasteiger partial charge in [0.25, 0.3) is 0 Å². The standard InChI is InChI=1S/C14H12N2S.ClH/c15-14(10-6-8-17-9-10)12-5-7-16-13-4-2-1-3-11(12)13;/h1-9,14H,15H2;1H/t14-;/m1./s1. The molecule has 0 aliphatic rings. The highest BCUT2D eigenvalue weighted by Crippen LogP contribution is 2.27. The number of benzene rings is 1. The molecule has 1 atom stereocenters. The maximum atomic E-state index is 6.31. The van der Waals surface area contributed by atoms with Gasteiger partial charge in [0.1, 0.15) is 0 Å². The number of hydrogen-bond donors (Lipinski definition) is 1. The van der Waals surface area contributed by atoms with Crippen LogP contribution >= 0.6 is 23.7 Å². The molecule has 3 aromatic rings. The van der Waals surface area contributed by atoms with Crippen molar-refractivity contribution in [1.29, 1.82) is 0 Å². The zero-order valence-electron chi connectivity index (χ0n) is 9.61. The molecule has 2 aromatic heterocycles. The summed E-state index contributed by atoms with van der Waals surface area (Å²) in [5.41, 5.74) is 9.59. The third-order valence-electron chi connectivity index (χ3n) is 2.92. The zero-order chi connectivity index (χ0) is 11.7. The van der Waals surface area contributed by atoms with Crippen LogP contribution in [0.4, 0.5) is 0 Å². The Morgan fingerprint density at radius 3 is 2.72 bits per heavy atom. The summed E-state index contributed by atoms with van der Waals surface area (Å²) < 4.78 is 0. The van der Waals surface area contributed by atoms with E-state index in [0.717, 1.165) is 22.0 Å². The number of para-hydroxylation sites is 1. The van der Waals surface area contributed by atoms with Gasteiger partial charge in [-0.15, -0.1) is 12.4 Å². The number of pyridine rings is 1. The van der Waals surface area contributed by atoms with Gasteiger partial charge in [-0.2, -0.15) is 11.3 Å². The van der Waals surface area contributed by atoms with Crippen LogP contribution in [0.5, 0.6) is 0 Å². The molecule has 0 saturated heterocycles. The molecule has 2 nitrogen and oxygen atoms in total. The van der Waals surface area contributed by atoms with Crippen LogP contribution in [0.25, 0.3) is 10.9 Å². The minimum atomic E-state index is -0.0749. The van der Waals surface area contributed by atoms with Crippen LogP contribution in [0.2, 0.25) is 0 Å². The number of thiophene rings is 1. The van der Waals surface area contributed by atoms with E-state index in [0.29, 0.717) is 0 Å². The predicted octanol–water partition coefficient (Wildman–Crippen LogP) is 3.77. The fraction of sp³-hybridized carbons (Fsp3) is 0.0714. The SMILES string of the molecule is Cl.N[C@H](c1ccsc1)c1ccnc2ccccc12. The highest BCUT2D eigenvalue weighted by Gasteiger charge is 2.12. The summed E-state index contributed by atoms with van der Waals surface area (Å²) in [6.07, 6.45) is 1.82. The summed E-state index contributed by atoms with van der Waals surface area (Å²) in [6, 6.07) is 12.1. The molecule has 2 heterocycles. The van der Waals surface area contributed by atoms with E-state index in [9.17, 15) is 0 Å². The van der Waals surface area contributed by atoms with Crippen molar-refractivity contribution in [1.82, 2.24) is 4.98 Å². The Balaban J connectivity index is 0.00000120. The summed E-state index contributed by atoms with van der Waals surface area (Å²) in [5.74, 6) is 0. The highest BCUT2D eigenvalue weighted by molar-refractivity contribution is 7.08. The Hall–Kier alpha value is -1.42. The van der Waals surface area contributed by atoms with Crippen LogP contribution in [0.3, 0.4) is 0 Å². The fourth-order valence-electron chi connectivity index (χ4n) is 2.02. The molecule has 2 N–H and O–H groups in total. The van der Waals surface area contributed by atoms with Gasteiger partial charge in [-0.25, -0.2) is 0 Å². The average Bonchev–Trinajstić information content (AvgIpc) is 2.91. The molecular weight excluding hydrogens is 264 g/mol. The van der Waals surface area contributed by atoms with Crippen molar-refractivity contribution in [2.24, 2.45) is 5.73 Å². The predicted molar refractivity (Wildman–Crippen MR) is 79.3 cm³/mol. The largest absolute Gasteiger partial charge is 0.320 e. The molecule has 18 heavy (non-hydrogen) atoms. The van der Waals surface area contributed by atoms with Crippen molar-refractivity contribution < 1.29 is 0 Å². The first-order chi connectivity index (χ1) is 8.36. The van der Waals surface area contributed by atoms with Crippen molar-refractivity contribution >= 4 is 34.6 Å². The smallest absolute Gasteiger partial charge is 0.0705 e. The monoisotopic (exact) mass is 276 g/mol. The lowest BCUT2D eigenvalue weighted by atomic mass is 9.99. The van der Waals surface area contributed by atoms with E-state index < -0.39 is 0 Å². The molecule has 0 aliphatic carbocycles. The number of halogens is 1. The first-order valence-corrected chi connectivity index (χ1v) is 6.42. The van der Waals surface area contributed by atoms with Crippen LogP contribution in [0.1, 0.15) is 17.2 Å². The van der Waals surface area contributed by atoms with E-state index in [-0.39, 0.29) is 18.4 Å². The van der Waals surface area contributed by atoms with E-state index in [1.807, 2.05) is 30.5 Å². The number of rotatable bonds is 2. The molecule has 0 saturated carbocycles. The van der Waals surface area contributed by atoms with Crippen molar-refractivity contribution in [3.63, 3.8) is 0 Å². The molecule has 0 bridgehead atoms. The van der Waals surface area contributed by atoms with Gasteiger partial charge in [0.15, 0.2) is 0 Å². The van der Waals surface area contributed by atoms with Gasteiger partial charge in [0, 0.05) is 11.6 Å². The molecule has 1 aromatic carbocycles. The first kappa shape index (κ1) is 13.0.